The third-order valence-corrected chi connectivity index (χ3v) is 4.51. The molecule has 0 saturated carbocycles. The number of aryl methyl sites for hydroxylation is 1. The van der Waals surface area contributed by atoms with Gasteiger partial charge in [0, 0.05) is 16.3 Å². The molecule has 2 amide bonds. The van der Waals surface area contributed by atoms with E-state index in [0.29, 0.717) is 13.0 Å². The molecule has 0 bridgehead atoms. The van der Waals surface area contributed by atoms with E-state index >= 15 is 0 Å². The molecule has 1 unspecified atom stereocenters. The highest BCUT2D eigenvalue weighted by Gasteiger charge is 2.34. The van der Waals surface area contributed by atoms with E-state index in [1.165, 1.54) is 9.78 Å². The zero-order chi connectivity index (χ0) is 14.0. The van der Waals surface area contributed by atoms with Crippen molar-refractivity contribution < 1.29 is 14.7 Å². The first kappa shape index (κ1) is 13.9. The number of rotatable bonds is 3. The van der Waals surface area contributed by atoms with Crippen molar-refractivity contribution in [3.63, 3.8) is 0 Å². The van der Waals surface area contributed by atoms with E-state index in [1.54, 1.807) is 11.3 Å². The van der Waals surface area contributed by atoms with Gasteiger partial charge in [0.2, 0.25) is 0 Å². The summed E-state index contributed by atoms with van der Waals surface area (Å²) < 4.78 is 0. The molecule has 0 radical (unpaired) electrons. The number of hydrogen-bond donors (Lipinski definition) is 2. The highest BCUT2D eigenvalue weighted by molar-refractivity contribution is 7.12. The summed E-state index contributed by atoms with van der Waals surface area (Å²) in [5.74, 6) is -0.924. The zero-order valence-corrected chi connectivity index (χ0v) is 11.9. The van der Waals surface area contributed by atoms with Crippen LogP contribution in [-0.2, 0) is 4.79 Å². The first-order valence-electron chi connectivity index (χ1n) is 6.35. The number of amides is 2. The van der Waals surface area contributed by atoms with Gasteiger partial charge in [-0.15, -0.1) is 11.3 Å². The second kappa shape index (κ2) is 5.61. The number of carbonyl (C=O) groups excluding carboxylic acids is 1. The van der Waals surface area contributed by atoms with Crippen LogP contribution in [0, 0.1) is 6.92 Å². The van der Waals surface area contributed by atoms with Gasteiger partial charge in [-0.3, -0.25) is 0 Å². The van der Waals surface area contributed by atoms with Crippen molar-refractivity contribution in [1.82, 2.24) is 10.2 Å². The van der Waals surface area contributed by atoms with Crippen LogP contribution in [-0.4, -0.2) is 34.6 Å². The van der Waals surface area contributed by atoms with Crippen LogP contribution in [0.3, 0.4) is 0 Å². The second-order valence-corrected chi connectivity index (χ2v) is 6.13. The van der Waals surface area contributed by atoms with Gasteiger partial charge in [0.15, 0.2) is 0 Å². The van der Waals surface area contributed by atoms with Gasteiger partial charge >= 0.3 is 12.0 Å². The molecule has 1 aromatic heterocycles. The smallest absolute Gasteiger partial charge is 0.326 e. The van der Waals surface area contributed by atoms with E-state index in [0.717, 1.165) is 11.3 Å². The molecule has 0 spiro atoms. The first-order chi connectivity index (χ1) is 8.99. The standard InChI is InChI=1S/C13H18N2O3S/c1-8-5-6-11(19-8)9(2)14-13(18)15-7-3-4-10(15)12(16)17/h5-6,9-10H,3-4,7H2,1-2H3,(H,14,18)(H,16,17)/t9?,10-/m1/s1. The highest BCUT2D eigenvalue weighted by atomic mass is 32.1. The summed E-state index contributed by atoms with van der Waals surface area (Å²) in [5, 5.41) is 11.9. The number of aliphatic carboxylic acids is 1. The molecule has 1 fully saturated rings. The Balaban J connectivity index is 1.99. The molecular weight excluding hydrogens is 264 g/mol. The fourth-order valence-electron chi connectivity index (χ4n) is 2.29. The summed E-state index contributed by atoms with van der Waals surface area (Å²) in [7, 11) is 0. The number of carboxylic acid groups (broad SMARTS) is 1. The Morgan fingerprint density at radius 2 is 2.26 bits per heavy atom. The largest absolute Gasteiger partial charge is 0.480 e. The molecule has 1 aliphatic rings. The third kappa shape index (κ3) is 3.07. The second-order valence-electron chi connectivity index (χ2n) is 4.81. The van der Waals surface area contributed by atoms with E-state index in [-0.39, 0.29) is 12.1 Å². The summed E-state index contributed by atoms with van der Waals surface area (Å²) in [4.78, 5) is 26.9. The number of likely N-dealkylation sites (tertiary alicyclic amines) is 1. The number of hydrogen-bond acceptors (Lipinski definition) is 3. The summed E-state index contributed by atoms with van der Waals surface area (Å²) >= 11 is 1.64. The maximum Gasteiger partial charge on any atom is 0.326 e. The van der Waals surface area contributed by atoms with Gasteiger partial charge in [-0.1, -0.05) is 0 Å². The fourth-order valence-corrected chi connectivity index (χ4v) is 3.17. The molecule has 6 heteroatoms. The van der Waals surface area contributed by atoms with E-state index in [2.05, 4.69) is 5.32 Å². The van der Waals surface area contributed by atoms with Gasteiger partial charge in [0.1, 0.15) is 6.04 Å². The zero-order valence-electron chi connectivity index (χ0n) is 11.0. The van der Waals surface area contributed by atoms with Crippen LogP contribution < -0.4 is 5.32 Å². The minimum Gasteiger partial charge on any atom is -0.480 e. The maximum atomic E-state index is 12.1. The number of nitrogens with one attached hydrogen (secondary N) is 1. The Morgan fingerprint density at radius 1 is 1.53 bits per heavy atom. The lowest BCUT2D eigenvalue weighted by atomic mass is 10.2. The first-order valence-corrected chi connectivity index (χ1v) is 7.17. The Morgan fingerprint density at radius 3 is 2.84 bits per heavy atom. The summed E-state index contributed by atoms with van der Waals surface area (Å²) in [6.45, 7) is 4.44. The minimum absolute atomic E-state index is 0.0961. The number of nitrogens with zero attached hydrogens (tertiary/aromatic N) is 1. The Labute approximate surface area is 116 Å². The molecular formula is C13H18N2O3S. The third-order valence-electron chi connectivity index (χ3n) is 3.33. The van der Waals surface area contributed by atoms with Crippen molar-refractivity contribution >= 4 is 23.3 Å². The molecule has 104 valence electrons. The average Bonchev–Trinajstić information content (AvgIpc) is 2.96. The number of carbonyl (C=O) groups is 2. The summed E-state index contributed by atoms with van der Waals surface area (Å²) in [5.41, 5.74) is 0. The predicted molar refractivity (Wildman–Crippen MR) is 73.4 cm³/mol. The van der Waals surface area contributed by atoms with Gasteiger partial charge in [-0.05, 0) is 38.8 Å². The average molecular weight is 282 g/mol. The van der Waals surface area contributed by atoms with Crippen LogP contribution in [0.2, 0.25) is 0 Å². The molecule has 19 heavy (non-hydrogen) atoms. The fraction of sp³-hybridized carbons (Fsp3) is 0.538. The molecule has 0 aliphatic carbocycles. The van der Waals surface area contributed by atoms with Gasteiger partial charge < -0.3 is 15.3 Å². The topological polar surface area (TPSA) is 69.6 Å². The maximum absolute atomic E-state index is 12.1. The SMILES string of the molecule is Cc1ccc(C(C)NC(=O)N2CCC[C@@H]2C(=O)O)s1. The van der Waals surface area contributed by atoms with E-state index in [4.69, 9.17) is 5.11 Å². The molecule has 2 rings (SSSR count). The Hall–Kier alpha value is -1.56. The monoisotopic (exact) mass is 282 g/mol. The number of thiophene rings is 1. The van der Waals surface area contributed by atoms with Gasteiger partial charge in [-0.2, -0.15) is 0 Å². The molecule has 2 atom stereocenters. The van der Waals surface area contributed by atoms with E-state index < -0.39 is 12.0 Å². The van der Waals surface area contributed by atoms with E-state index in [9.17, 15) is 9.59 Å². The molecule has 0 aromatic carbocycles. The van der Waals surface area contributed by atoms with Crippen LogP contribution >= 0.6 is 11.3 Å². The van der Waals surface area contributed by atoms with Crippen molar-refractivity contribution in [3.05, 3.63) is 21.9 Å². The van der Waals surface area contributed by atoms with Gasteiger partial charge in [0.05, 0.1) is 6.04 Å². The lowest BCUT2D eigenvalue weighted by Crippen LogP contribution is -2.46. The van der Waals surface area contributed by atoms with Crippen molar-refractivity contribution in [3.8, 4) is 0 Å². The van der Waals surface area contributed by atoms with Crippen LogP contribution in [0.5, 0.6) is 0 Å². The van der Waals surface area contributed by atoms with Crippen LogP contribution in [0.1, 0.15) is 35.6 Å². The lowest BCUT2D eigenvalue weighted by molar-refractivity contribution is -0.141. The van der Waals surface area contributed by atoms with Crippen molar-refractivity contribution in [1.29, 1.82) is 0 Å². The quantitative estimate of drug-likeness (QED) is 0.894. The molecule has 1 aromatic rings. The minimum atomic E-state index is -0.924. The van der Waals surface area contributed by atoms with Crippen molar-refractivity contribution in [2.75, 3.05) is 6.54 Å². The molecule has 1 saturated heterocycles. The van der Waals surface area contributed by atoms with Gasteiger partial charge in [0.25, 0.3) is 0 Å². The lowest BCUT2D eigenvalue weighted by Gasteiger charge is -2.24. The Kier molecular flexibility index (Phi) is 4.09. The normalized spacial score (nSPS) is 20.3. The molecule has 5 nitrogen and oxygen atoms in total. The molecule has 2 heterocycles. The van der Waals surface area contributed by atoms with Crippen LogP contribution in [0.25, 0.3) is 0 Å². The van der Waals surface area contributed by atoms with Gasteiger partial charge in [-0.25, -0.2) is 9.59 Å². The predicted octanol–water partition coefficient (Wildman–Crippen LogP) is 2.38. The number of carboxylic acids is 1. The molecule has 2 N–H and O–H groups in total. The van der Waals surface area contributed by atoms with Crippen LogP contribution in [0.4, 0.5) is 4.79 Å². The van der Waals surface area contributed by atoms with E-state index in [1.807, 2.05) is 26.0 Å². The van der Waals surface area contributed by atoms with Crippen molar-refractivity contribution in [2.45, 2.75) is 38.8 Å². The number of urea groups is 1. The summed E-state index contributed by atoms with van der Waals surface area (Å²) in [6, 6.07) is 2.93. The Bertz CT molecular complexity index is 486. The molecule has 1 aliphatic heterocycles. The summed E-state index contributed by atoms with van der Waals surface area (Å²) in [6.07, 6.45) is 1.28. The van der Waals surface area contributed by atoms with Crippen LogP contribution in [0.15, 0.2) is 12.1 Å². The highest BCUT2D eigenvalue weighted by Crippen LogP contribution is 2.23. The van der Waals surface area contributed by atoms with Crippen molar-refractivity contribution in [2.24, 2.45) is 0 Å².